The molecule has 0 atom stereocenters. The fourth-order valence-corrected chi connectivity index (χ4v) is 2.20. The zero-order chi connectivity index (χ0) is 15.7. The van der Waals surface area contributed by atoms with E-state index in [-0.39, 0.29) is 27.7 Å². The number of hydrogen-bond acceptors (Lipinski definition) is 4. The smallest absolute Gasteiger partial charge is 0.354 e. The second-order valence-electron chi connectivity index (χ2n) is 4.75. The molecular formula is C13H13BrFN3O3. The van der Waals surface area contributed by atoms with Gasteiger partial charge in [0.25, 0.3) is 5.88 Å². The Kier molecular flexibility index (Phi) is 4.26. The van der Waals surface area contributed by atoms with Crippen LogP contribution in [-0.2, 0) is 7.05 Å². The van der Waals surface area contributed by atoms with Crippen LogP contribution < -0.4 is 4.74 Å². The number of hydrogen-bond donors (Lipinski definition) is 0. The van der Waals surface area contributed by atoms with Crippen molar-refractivity contribution in [2.24, 2.45) is 7.05 Å². The summed E-state index contributed by atoms with van der Waals surface area (Å²) in [5.41, 5.74) is 0.173. The minimum absolute atomic E-state index is 0.0159. The van der Waals surface area contributed by atoms with Crippen molar-refractivity contribution < 1.29 is 14.1 Å². The van der Waals surface area contributed by atoms with Crippen LogP contribution in [-0.4, -0.2) is 14.7 Å². The van der Waals surface area contributed by atoms with Gasteiger partial charge in [-0.25, -0.2) is 9.07 Å². The molecule has 112 valence electrons. The highest BCUT2D eigenvalue weighted by molar-refractivity contribution is 9.10. The lowest BCUT2D eigenvalue weighted by Crippen LogP contribution is -1.98. The highest BCUT2D eigenvalue weighted by atomic mass is 79.9. The lowest BCUT2D eigenvalue weighted by Gasteiger charge is -2.06. The molecule has 0 spiro atoms. The third kappa shape index (κ3) is 3.05. The minimum Gasteiger partial charge on any atom is -0.434 e. The summed E-state index contributed by atoms with van der Waals surface area (Å²) < 4.78 is 20.3. The first-order chi connectivity index (χ1) is 9.81. The third-order valence-electron chi connectivity index (χ3n) is 2.83. The molecule has 0 aliphatic carbocycles. The predicted octanol–water partition coefficient (Wildman–Crippen LogP) is 4.15. The Labute approximate surface area is 128 Å². The molecule has 0 amide bonds. The van der Waals surface area contributed by atoms with Crippen LogP contribution in [0.2, 0.25) is 0 Å². The molecule has 0 radical (unpaired) electrons. The van der Waals surface area contributed by atoms with Crippen LogP contribution in [0.1, 0.15) is 25.5 Å². The van der Waals surface area contributed by atoms with E-state index in [4.69, 9.17) is 4.74 Å². The van der Waals surface area contributed by atoms with Gasteiger partial charge in [0.05, 0.1) is 9.40 Å². The Morgan fingerprint density at radius 1 is 1.48 bits per heavy atom. The number of benzene rings is 1. The SMILES string of the molecule is CC(C)c1nn(C)c(Oc2ccc(F)c(Br)c2)c1[N+](=O)[O-]. The van der Waals surface area contributed by atoms with Gasteiger partial charge in [0, 0.05) is 13.0 Å². The fourth-order valence-electron chi connectivity index (χ4n) is 1.84. The second-order valence-corrected chi connectivity index (χ2v) is 5.61. The van der Waals surface area contributed by atoms with Gasteiger partial charge in [-0.3, -0.25) is 10.1 Å². The van der Waals surface area contributed by atoms with Crippen molar-refractivity contribution in [3.63, 3.8) is 0 Å². The molecule has 6 nitrogen and oxygen atoms in total. The van der Waals surface area contributed by atoms with E-state index < -0.39 is 10.7 Å². The summed E-state index contributed by atoms with van der Waals surface area (Å²) in [5.74, 6) is -0.259. The molecule has 0 bridgehead atoms. The number of ether oxygens (including phenoxy) is 1. The Hall–Kier alpha value is -1.96. The van der Waals surface area contributed by atoms with Crippen molar-refractivity contribution in [1.29, 1.82) is 0 Å². The monoisotopic (exact) mass is 357 g/mol. The van der Waals surface area contributed by atoms with Gasteiger partial charge in [-0.15, -0.1) is 0 Å². The normalized spacial score (nSPS) is 11.0. The number of halogens is 2. The summed E-state index contributed by atoms with van der Waals surface area (Å²) in [5, 5.41) is 15.4. The number of nitro groups is 1. The lowest BCUT2D eigenvalue weighted by atomic mass is 10.1. The quantitative estimate of drug-likeness (QED) is 0.608. The Bertz CT molecular complexity index is 700. The van der Waals surface area contributed by atoms with E-state index in [0.717, 1.165) is 0 Å². The molecule has 21 heavy (non-hydrogen) atoms. The van der Waals surface area contributed by atoms with Crippen molar-refractivity contribution in [3.8, 4) is 11.6 Å². The van der Waals surface area contributed by atoms with E-state index in [1.807, 2.05) is 13.8 Å². The predicted molar refractivity (Wildman–Crippen MR) is 78.1 cm³/mol. The molecule has 1 aromatic heterocycles. The molecule has 0 N–H and O–H groups in total. The second kappa shape index (κ2) is 5.80. The topological polar surface area (TPSA) is 70.2 Å². The average Bonchev–Trinajstić information content (AvgIpc) is 2.72. The number of nitrogens with zero attached hydrogens (tertiary/aromatic N) is 3. The highest BCUT2D eigenvalue weighted by Gasteiger charge is 2.30. The number of aryl methyl sites for hydroxylation is 1. The largest absolute Gasteiger partial charge is 0.434 e. The zero-order valence-electron chi connectivity index (χ0n) is 11.6. The van der Waals surface area contributed by atoms with E-state index in [9.17, 15) is 14.5 Å². The van der Waals surface area contributed by atoms with Crippen LogP contribution in [0.25, 0.3) is 0 Å². The molecule has 0 saturated heterocycles. The van der Waals surface area contributed by atoms with Crippen molar-refractivity contribution in [1.82, 2.24) is 9.78 Å². The van der Waals surface area contributed by atoms with Crippen molar-refractivity contribution in [3.05, 3.63) is 44.3 Å². The first-order valence-electron chi connectivity index (χ1n) is 6.15. The first kappa shape index (κ1) is 15.4. The van der Waals surface area contributed by atoms with Gasteiger partial charge in [0.2, 0.25) is 0 Å². The summed E-state index contributed by atoms with van der Waals surface area (Å²) in [6.07, 6.45) is 0. The van der Waals surface area contributed by atoms with Crippen LogP contribution in [0.4, 0.5) is 10.1 Å². The van der Waals surface area contributed by atoms with Crippen molar-refractivity contribution in [2.75, 3.05) is 0 Å². The van der Waals surface area contributed by atoms with Gasteiger partial charge in [-0.1, -0.05) is 13.8 Å². The molecular weight excluding hydrogens is 345 g/mol. The minimum atomic E-state index is -0.518. The standard InChI is InChI=1S/C13H13BrFN3O3/c1-7(2)11-12(18(19)20)13(17(3)16-11)21-8-4-5-10(15)9(14)6-8/h4-7H,1-3H3. The molecule has 2 rings (SSSR count). The van der Waals surface area contributed by atoms with Crippen molar-refractivity contribution >= 4 is 21.6 Å². The summed E-state index contributed by atoms with van der Waals surface area (Å²) in [7, 11) is 1.56. The molecule has 0 unspecified atom stereocenters. The van der Waals surface area contributed by atoms with E-state index >= 15 is 0 Å². The van der Waals surface area contributed by atoms with Gasteiger partial charge in [0.1, 0.15) is 17.3 Å². The van der Waals surface area contributed by atoms with E-state index in [0.29, 0.717) is 5.69 Å². The van der Waals surface area contributed by atoms with Gasteiger partial charge < -0.3 is 4.74 Å². The third-order valence-corrected chi connectivity index (χ3v) is 3.44. The number of rotatable bonds is 4. The van der Waals surface area contributed by atoms with E-state index in [2.05, 4.69) is 21.0 Å². The van der Waals surface area contributed by atoms with Gasteiger partial charge >= 0.3 is 5.69 Å². The molecule has 1 aromatic carbocycles. The van der Waals surface area contributed by atoms with Crippen LogP contribution in [0.3, 0.4) is 0 Å². The average molecular weight is 358 g/mol. The fraction of sp³-hybridized carbons (Fsp3) is 0.308. The van der Waals surface area contributed by atoms with Gasteiger partial charge in [-0.05, 0) is 34.1 Å². The molecule has 0 aliphatic heterocycles. The van der Waals surface area contributed by atoms with Crippen LogP contribution >= 0.6 is 15.9 Å². The molecule has 1 heterocycles. The van der Waals surface area contributed by atoms with E-state index in [1.54, 1.807) is 7.05 Å². The van der Waals surface area contributed by atoms with Crippen LogP contribution in [0.15, 0.2) is 22.7 Å². The summed E-state index contributed by atoms with van der Waals surface area (Å²) >= 11 is 3.04. The van der Waals surface area contributed by atoms with Gasteiger partial charge in [0.15, 0.2) is 0 Å². The van der Waals surface area contributed by atoms with E-state index in [1.165, 1.54) is 22.9 Å². The van der Waals surface area contributed by atoms with Gasteiger partial charge in [-0.2, -0.15) is 5.10 Å². The first-order valence-corrected chi connectivity index (χ1v) is 6.94. The molecule has 0 saturated carbocycles. The lowest BCUT2D eigenvalue weighted by molar-refractivity contribution is -0.386. The maximum Gasteiger partial charge on any atom is 0.354 e. The summed E-state index contributed by atoms with van der Waals surface area (Å²) in [6, 6.07) is 4.01. The Morgan fingerprint density at radius 3 is 2.67 bits per heavy atom. The van der Waals surface area contributed by atoms with Crippen LogP contribution in [0, 0.1) is 15.9 Å². The van der Waals surface area contributed by atoms with Crippen LogP contribution in [0.5, 0.6) is 11.6 Å². The molecule has 0 fully saturated rings. The zero-order valence-corrected chi connectivity index (χ0v) is 13.2. The Morgan fingerprint density at radius 2 is 2.14 bits per heavy atom. The Balaban J connectivity index is 2.48. The summed E-state index contributed by atoms with van der Waals surface area (Å²) in [6.45, 7) is 3.63. The number of aromatic nitrogens is 2. The maximum atomic E-state index is 13.2. The molecule has 0 aliphatic rings. The molecule has 2 aromatic rings. The maximum absolute atomic E-state index is 13.2. The summed E-state index contributed by atoms with van der Waals surface area (Å²) in [4.78, 5) is 10.8. The highest BCUT2D eigenvalue weighted by Crippen LogP contribution is 2.37. The van der Waals surface area contributed by atoms with Crippen molar-refractivity contribution in [2.45, 2.75) is 19.8 Å². The molecule has 8 heteroatoms.